The first-order chi connectivity index (χ1) is 28.1. The molecule has 0 radical (unpaired) electrons. The molecule has 0 rings (SSSR count). The third-order valence-electron chi connectivity index (χ3n) is 10.8. The highest BCUT2D eigenvalue weighted by Gasteiger charge is 2.20. The van der Waals surface area contributed by atoms with E-state index in [2.05, 4.69) is 38.2 Å². The SMILES string of the molecule is CCCCC/C=C\C/C=C\CCCCCCCCCCOCC(COP(=O)([O-])OCC[N+](C)(C)C)OC(=O)CCCCCCCCCCCCCCCCCCCC. The first-order valence-electron chi connectivity index (χ1n) is 24.6. The topological polar surface area (TPSA) is 94.1 Å². The summed E-state index contributed by atoms with van der Waals surface area (Å²) in [5.74, 6) is -0.332. The zero-order chi connectivity index (χ0) is 42.7. The molecular formula is C49H96NO7P. The molecule has 0 aromatic heterocycles. The summed E-state index contributed by atoms with van der Waals surface area (Å²) in [7, 11) is 1.36. The highest BCUT2D eigenvalue weighted by molar-refractivity contribution is 7.45. The van der Waals surface area contributed by atoms with E-state index < -0.39 is 13.9 Å². The summed E-state index contributed by atoms with van der Waals surface area (Å²) in [6, 6.07) is 0. The van der Waals surface area contributed by atoms with Crippen molar-refractivity contribution in [3.8, 4) is 0 Å². The number of phosphoric acid groups is 1. The molecule has 0 bridgehead atoms. The van der Waals surface area contributed by atoms with Crippen molar-refractivity contribution in [2.24, 2.45) is 0 Å². The zero-order valence-corrected chi connectivity index (χ0v) is 39.9. The number of hydrogen-bond donors (Lipinski definition) is 0. The van der Waals surface area contributed by atoms with Crippen LogP contribution in [-0.4, -0.2) is 70.7 Å². The number of likely N-dealkylation sites (N-methyl/N-ethyl adjacent to an activating group) is 1. The van der Waals surface area contributed by atoms with Crippen LogP contribution >= 0.6 is 7.82 Å². The van der Waals surface area contributed by atoms with E-state index >= 15 is 0 Å². The number of phosphoric ester groups is 1. The number of rotatable bonds is 46. The summed E-state index contributed by atoms with van der Waals surface area (Å²) in [6.07, 6.45) is 49.0. The molecule has 0 aliphatic carbocycles. The number of ether oxygens (including phenoxy) is 2. The first-order valence-corrected chi connectivity index (χ1v) is 26.0. The van der Waals surface area contributed by atoms with Crippen LogP contribution in [0.3, 0.4) is 0 Å². The normalized spacial score (nSPS) is 13.8. The third-order valence-corrected chi connectivity index (χ3v) is 11.7. The Bertz CT molecular complexity index is 983. The van der Waals surface area contributed by atoms with Crippen molar-refractivity contribution in [3.05, 3.63) is 24.3 Å². The van der Waals surface area contributed by atoms with E-state index in [0.29, 0.717) is 24.1 Å². The molecule has 2 unspecified atom stereocenters. The van der Waals surface area contributed by atoms with Crippen molar-refractivity contribution < 1.29 is 37.3 Å². The summed E-state index contributed by atoms with van der Waals surface area (Å²) >= 11 is 0. The Hall–Kier alpha value is -1.02. The van der Waals surface area contributed by atoms with Gasteiger partial charge in [0.1, 0.15) is 19.3 Å². The highest BCUT2D eigenvalue weighted by atomic mass is 31.2. The van der Waals surface area contributed by atoms with Crippen LogP contribution in [0.2, 0.25) is 0 Å². The largest absolute Gasteiger partial charge is 0.756 e. The summed E-state index contributed by atoms with van der Waals surface area (Å²) in [4.78, 5) is 25.1. The van der Waals surface area contributed by atoms with Gasteiger partial charge in [-0.3, -0.25) is 9.36 Å². The van der Waals surface area contributed by atoms with Crippen LogP contribution < -0.4 is 4.89 Å². The van der Waals surface area contributed by atoms with E-state index in [1.165, 1.54) is 167 Å². The van der Waals surface area contributed by atoms with Gasteiger partial charge in [0.2, 0.25) is 0 Å². The molecule has 0 saturated heterocycles. The van der Waals surface area contributed by atoms with Gasteiger partial charge in [0.05, 0.1) is 34.4 Å². The van der Waals surface area contributed by atoms with E-state index in [0.717, 1.165) is 38.5 Å². The molecule has 2 atom stereocenters. The molecule has 0 aliphatic heterocycles. The molecule has 0 heterocycles. The fraction of sp³-hybridized carbons (Fsp3) is 0.898. The van der Waals surface area contributed by atoms with Gasteiger partial charge in [0, 0.05) is 13.0 Å². The smallest absolute Gasteiger partial charge is 0.306 e. The minimum atomic E-state index is -4.53. The second kappa shape index (κ2) is 42.7. The van der Waals surface area contributed by atoms with Gasteiger partial charge >= 0.3 is 5.97 Å². The standard InChI is InChI=1S/C49H96NO7P/c1-6-8-10-12-14-16-18-20-22-24-26-28-30-32-34-36-38-40-42-49(51)57-48(47-56-58(52,53)55-45-43-50(3,4)5)46-54-44-41-39-37-35-33-31-29-27-25-23-21-19-17-15-13-11-9-7-2/h15,17,21,23,48H,6-14,16,18-20,22,24-47H2,1-5H3/b17-15-,23-21-. The van der Waals surface area contributed by atoms with Gasteiger partial charge in [0.15, 0.2) is 0 Å². The van der Waals surface area contributed by atoms with Crippen molar-refractivity contribution in [3.63, 3.8) is 0 Å². The Morgan fingerprint density at radius 1 is 0.534 bits per heavy atom. The van der Waals surface area contributed by atoms with E-state index in [-0.39, 0.29) is 25.8 Å². The Balaban J connectivity index is 4.15. The average Bonchev–Trinajstić information content (AvgIpc) is 3.18. The van der Waals surface area contributed by atoms with Crippen LogP contribution in [0, 0.1) is 0 Å². The van der Waals surface area contributed by atoms with E-state index in [1.807, 2.05) is 21.1 Å². The average molecular weight is 842 g/mol. The quantitative estimate of drug-likeness (QED) is 0.0198. The molecule has 0 aliphatic rings. The van der Waals surface area contributed by atoms with Crippen molar-refractivity contribution in [2.45, 2.75) is 232 Å². The number of hydrogen-bond acceptors (Lipinski definition) is 7. The number of esters is 1. The van der Waals surface area contributed by atoms with Crippen LogP contribution in [0.4, 0.5) is 0 Å². The lowest BCUT2D eigenvalue weighted by Gasteiger charge is -2.28. The Morgan fingerprint density at radius 2 is 0.948 bits per heavy atom. The molecule has 0 aromatic rings. The van der Waals surface area contributed by atoms with E-state index in [9.17, 15) is 14.3 Å². The zero-order valence-electron chi connectivity index (χ0n) is 39.0. The molecule has 344 valence electrons. The number of unbranched alkanes of at least 4 members (excludes halogenated alkanes) is 28. The van der Waals surface area contributed by atoms with Crippen LogP contribution in [0.15, 0.2) is 24.3 Å². The Morgan fingerprint density at radius 3 is 1.43 bits per heavy atom. The van der Waals surface area contributed by atoms with Crippen molar-refractivity contribution in [1.82, 2.24) is 0 Å². The van der Waals surface area contributed by atoms with E-state index in [1.54, 1.807) is 0 Å². The molecule has 58 heavy (non-hydrogen) atoms. The summed E-state index contributed by atoms with van der Waals surface area (Å²) in [5.41, 5.74) is 0. The lowest BCUT2D eigenvalue weighted by Crippen LogP contribution is -2.37. The summed E-state index contributed by atoms with van der Waals surface area (Å²) < 4.78 is 34.7. The molecule has 0 spiro atoms. The molecule has 9 heteroatoms. The molecular weight excluding hydrogens is 746 g/mol. The van der Waals surface area contributed by atoms with Gasteiger partial charge in [-0.05, 0) is 44.9 Å². The molecule has 0 aromatic carbocycles. The van der Waals surface area contributed by atoms with Crippen molar-refractivity contribution in [1.29, 1.82) is 0 Å². The van der Waals surface area contributed by atoms with Crippen LogP contribution in [-0.2, 0) is 27.9 Å². The number of nitrogens with zero attached hydrogens (tertiary/aromatic N) is 1. The molecule has 0 amide bonds. The Kier molecular flexibility index (Phi) is 41.9. The molecule has 0 N–H and O–H groups in total. The fourth-order valence-corrected chi connectivity index (χ4v) is 7.66. The van der Waals surface area contributed by atoms with Gasteiger partial charge in [-0.25, -0.2) is 0 Å². The van der Waals surface area contributed by atoms with Gasteiger partial charge in [-0.15, -0.1) is 0 Å². The van der Waals surface area contributed by atoms with Crippen LogP contribution in [0.1, 0.15) is 226 Å². The predicted octanol–water partition coefficient (Wildman–Crippen LogP) is 14.1. The van der Waals surface area contributed by atoms with Gasteiger partial charge in [-0.2, -0.15) is 0 Å². The number of carbonyl (C=O) groups excluding carboxylic acids is 1. The van der Waals surface area contributed by atoms with Gasteiger partial charge in [-0.1, -0.05) is 199 Å². The second-order valence-electron chi connectivity index (χ2n) is 17.8. The van der Waals surface area contributed by atoms with Crippen molar-refractivity contribution in [2.75, 3.05) is 54.1 Å². The molecule has 8 nitrogen and oxygen atoms in total. The third kappa shape index (κ3) is 46.1. The van der Waals surface area contributed by atoms with Crippen LogP contribution in [0.5, 0.6) is 0 Å². The summed E-state index contributed by atoms with van der Waals surface area (Å²) in [5, 5.41) is 0. The number of allylic oxidation sites excluding steroid dienone is 4. The number of carbonyl (C=O) groups is 1. The van der Waals surface area contributed by atoms with Gasteiger partial charge in [0.25, 0.3) is 7.82 Å². The van der Waals surface area contributed by atoms with E-state index in [4.69, 9.17) is 18.5 Å². The highest BCUT2D eigenvalue weighted by Crippen LogP contribution is 2.38. The second-order valence-corrected chi connectivity index (χ2v) is 19.2. The van der Waals surface area contributed by atoms with Crippen molar-refractivity contribution >= 4 is 13.8 Å². The predicted molar refractivity (Wildman–Crippen MR) is 245 cm³/mol. The Labute approximate surface area is 360 Å². The van der Waals surface area contributed by atoms with Gasteiger partial charge < -0.3 is 27.9 Å². The maximum Gasteiger partial charge on any atom is 0.306 e. The molecule has 0 saturated carbocycles. The minimum Gasteiger partial charge on any atom is -0.756 e. The maximum atomic E-state index is 12.7. The molecule has 0 fully saturated rings. The summed E-state index contributed by atoms with van der Waals surface area (Å²) in [6.45, 7) is 5.42. The lowest BCUT2D eigenvalue weighted by atomic mass is 10.0. The lowest BCUT2D eigenvalue weighted by molar-refractivity contribution is -0.870. The minimum absolute atomic E-state index is 0.0271. The monoisotopic (exact) mass is 842 g/mol. The maximum absolute atomic E-state index is 12.7. The fourth-order valence-electron chi connectivity index (χ4n) is 6.93. The number of quaternary nitrogens is 1. The van der Waals surface area contributed by atoms with Crippen LogP contribution in [0.25, 0.3) is 0 Å². The first kappa shape index (κ1) is 57.0.